The van der Waals surface area contributed by atoms with Crippen molar-refractivity contribution in [3.8, 4) is 0 Å². The fourth-order valence-corrected chi connectivity index (χ4v) is 5.45. The minimum Gasteiger partial charge on any atom is -0.339 e. The number of nitrogens with zero attached hydrogens (tertiary/aromatic N) is 4. The first-order valence-corrected chi connectivity index (χ1v) is 11.4. The summed E-state index contributed by atoms with van der Waals surface area (Å²) in [6.07, 6.45) is 1.70. The van der Waals surface area contributed by atoms with Crippen molar-refractivity contribution in [2.24, 2.45) is 0 Å². The highest BCUT2D eigenvalue weighted by molar-refractivity contribution is 7.89. The molecule has 2 aromatic rings. The molecule has 9 heteroatoms. The molecule has 158 valence electrons. The SMILES string of the molecule is CCN(CC)S(=O)(=O)c1cc(C(=O)N2CCCC(c3nc(C)no3)C2)ccc1C. The average molecular weight is 421 g/mol. The van der Waals surface area contributed by atoms with Crippen LogP contribution in [0, 0.1) is 13.8 Å². The van der Waals surface area contributed by atoms with E-state index >= 15 is 0 Å². The van der Waals surface area contributed by atoms with E-state index in [4.69, 9.17) is 4.52 Å². The number of carbonyl (C=O) groups excluding carboxylic acids is 1. The van der Waals surface area contributed by atoms with E-state index in [2.05, 4.69) is 10.1 Å². The van der Waals surface area contributed by atoms with Gasteiger partial charge in [-0.2, -0.15) is 9.29 Å². The summed E-state index contributed by atoms with van der Waals surface area (Å²) in [6.45, 7) is 8.99. The molecule has 1 atom stereocenters. The van der Waals surface area contributed by atoms with Crippen LogP contribution in [0.4, 0.5) is 0 Å². The lowest BCUT2D eigenvalue weighted by Crippen LogP contribution is -2.39. The number of aromatic nitrogens is 2. The van der Waals surface area contributed by atoms with Crippen molar-refractivity contribution in [2.75, 3.05) is 26.2 Å². The molecule has 0 saturated carbocycles. The molecular weight excluding hydrogens is 392 g/mol. The first-order chi connectivity index (χ1) is 13.8. The van der Waals surface area contributed by atoms with E-state index in [9.17, 15) is 13.2 Å². The van der Waals surface area contributed by atoms with Crippen molar-refractivity contribution in [2.45, 2.75) is 51.3 Å². The largest absolute Gasteiger partial charge is 0.339 e. The summed E-state index contributed by atoms with van der Waals surface area (Å²) in [7, 11) is -3.64. The standard InChI is InChI=1S/C20H28N4O4S/c1-5-24(6-2)29(26,27)18-12-16(10-9-14(18)3)20(25)23-11-7-8-17(13-23)19-21-15(4)22-28-19/h9-10,12,17H,5-8,11,13H2,1-4H3. The van der Waals surface area contributed by atoms with E-state index in [0.717, 1.165) is 12.8 Å². The summed E-state index contributed by atoms with van der Waals surface area (Å²) in [4.78, 5) is 19.4. The number of hydrogen-bond acceptors (Lipinski definition) is 6. The molecule has 2 heterocycles. The Morgan fingerprint density at radius 2 is 2.00 bits per heavy atom. The minimum absolute atomic E-state index is 0.00164. The second-order valence-electron chi connectivity index (χ2n) is 7.34. The van der Waals surface area contributed by atoms with Crippen LogP contribution < -0.4 is 0 Å². The van der Waals surface area contributed by atoms with E-state index in [1.165, 1.54) is 10.4 Å². The van der Waals surface area contributed by atoms with Gasteiger partial charge < -0.3 is 9.42 Å². The molecular formula is C20H28N4O4S. The van der Waals surface area contributed by atoms with Crippen LogP contribution in [0.15, 0.2) is 27.6 Å². The van der Waals surface area contributed by atoms with Crippen molar-refractivity contribution >= 4 is 15.9 Å². The Morgan fingerprint density at radius 3 is 2.62 bits per heavy atom. The van der Waals surface area contributed by atoms with Gasteiger partial charge in [-0.15, -0.1) is 0 Å². The Labute approximate surface area is 171 Å². The third-order valence-electron chi connectivity index (χ3n) is 5.36. The van der Waals surface area contributed by atoms with Gasteiger partial charge in [0, 0.05) is 31.7 Å². The van der Waals surface area contributed by atoms with Gasteiger partial charge in [-0.25, -0.2) is 8.42 Å². The minimum atomic E-state index is -3.64. The lowest BCUT2D eigenvalue weighted by molar-refractivity contribution is 0.0695. The summed E-state index contributed by atoms with van der Waals surface area (Å²) in [6, 6.07) is 4.90. The molecule has 29 heavy (non-hydrogen) atoms. The van der Waals surface area contributed by atoms with Crippen LogP contribution >= 0.6 is 0 Å². The number of benzene rings is 1. The second kappa shape index (κ2) is 8.62. The smallest absolute Gasteiger partial charge is 0.253 e. The van der Waals surface area contributed by atoms with Crippen molar-refractivity contribution in [1.29, 1.82) is 0 Å². The fourth-order valence-electron chi connectivity index (χ4n) is 3.74. The van der Waals surface area contributed by atoms with Gasteiger partial charge in [0.25, 0.3) is 5.91 Å². The Morgan fingerprint density at radius 1 is 1.28 bits per heavy atom. The van der Waals surface area contributed by atoms with Gasteiger partial charge in [0.1, 0.15) is 0 Å². The number of amides is 1. The number of sulfonamides is 1. The van der Waals surface area contributed by atoms with Gasteiger partial charge >= 0.3 is 0 Å². The quantitative estimate of drug-likeness (QED) is 0.713. The van der Waals surface area contributed by atoms with Gasteiger partial charge in [0.15, 0.2) is 5.82 Å². The number of hydrogen-bond donors (Lipinski definition) is 0. The van der Waals surface area contributed by atoms with Crippen molar-refractivity contribution in [1.82, 2.24) is 19.3 Å². The van der Waals surface area contributed by atoms with Crippen molar-refractivity contribution in [3.05, 3.63) is 41.0 Å². The van der Waals surface area contributed by atoms with E-state index in [1.807, 2.05) is 0 Å². The molecule has 0 bridgehead atoms. The van der Waals surface area contributed by atoms with E-state index in [1.54, 1.807) is 44.7 Å². The van der Waals surface area contributed by atoms with Crippen LogP contribution in [-0.4, -0.2) is 59.8 Å². The number of likely N-dealkylation sites (tertiary alicyclic amines) is 1. The summed E-state index contributed by atoms with van der Waals surface area (Å²) >= 11 is 0. The summed E-state index contributed by atoms with van der Waals surface area (Å²) in [5.41, 5.74) is 1.01. The monoisotopic (exact) mass is 420 g/mol. The Bertz CT molecular complexity index is 982. The molecule has 0 N–H and O–H groups in total. The molecule has 0 aliphatic carbocycles. The number of carbonyl (C=O) groups is 1. The van der Waals surface area contributed by atoms with Crippen LogP contribution in [-0.2, 0) is 10.0 Å². The third-order valence-corrected chi connectivity index (χ3v) is 7.55. The van der Waals surface area contributed by atoms with Crippen LogP contribution in [0.3, 0.4) is 0 Å². The molecule has 0 spiro atoms. The maximum Gasteiger partial charge on any atom is 0.253 e. The zero-order valence-corrected chi connectivity index (χ0v) is 18.2. The lowest BCUT2D eigenvalue weighted by atomic mass is 9.97. The predicted molar refractivity (Wildman–Crippen MR) is 108 cm³/mol. The Balaban J connectivity index is 1.86. The molecule has 1 amide bonds. The van der Waals surface area contributed by atoms with E-state index in [0.29, 0.717) is 49.0 Å². The highest BCUT2D eigenvalue weighted by Crippen LogP contribution is 2.28. The lowest BCUT2D eigenvalue weighted by Gasteiger charge is -2.31. The summed E-state index contributed by atoms with van der Waals surface area (Å²) < 4.78 is 32.6. The maximum absolute atomic E-state index is 13.1. The van der Waals surface area contributed by atoms with Crippen LogP contribution in [0.25, 0.3) is 0 Å². The van der Waals surface area contributed by atoms with Gasteiger partial charge in [0.05, 0.1) is 10.8 Å². The molecule has 0 radical (unpaired) electrons. The zero-order valence-electron chi connectivity index (χ0n) is 17.4. The second-order valence-corrected chi connectivity index (χ2v) is 9.25. The van der Waals surface area contributed by atoms with Crippen LogP contribution in [0.5, 0.6) is 0 Å². The van der Waals surface area contributed by atoms with Crippen molar-refractivity contribution in [3.63, 3.8) is 0 Å². The van der Waals surface area contributed by atoms with Crippen LogP contribution in [0.1, 0.15) is 60.2 Å². The maximum atomic E-state index is 13.1. The predicted octanol–water partition coefficient (Wildman–Crippen LogP) is 2.74. The van der Waals surface area contributed by atoms with E-state index in [-0.39, 0.29) is 16.7 Å². The molecule has 3 rings (SSSR count). The third kappa shape index (κ3) is 4.35. The number of piperidine rings is 1. The number of aryl methyl sites for hydroxylation is 2. The van der Waals surface area contributed by atoms with Gasteiger partial charge in [0.2, 0.25) is 15.9 Å². The zero-order chi connectivity index (χ0) is 21.2. The molecule has 8 nitrogen and oxygen atoms in total. The Hall–Kier alpha value is -2.26. The normalized spacial score (nSPS) is 17.7. The molecule has 1 aromatic carbocycles. The molecule has 1 aliphatic heterocycles. The highest BCUT2D eigenvalue weighted by atomic mass is 32.2. The summed E-state index contributed by atoms with van der Waals surface area (Å²) in [5.74, 6) is 0.946. The Kier molecular flexibility index (Phi) is 6.38. The number of rotatable bonds is 6. The average Bonchev–Trinajstić information content (AvgIpc) is 3.15. The van der Waals surface area contributed by atoms with Gasteiger partial charge in [-0.3, -0.25) is 4.79 Å². The highest BCUT2D eigenvalue weighted by Gasteiger charge is 2.30. The molecule has 1 fully saturated rings. The van der Waals surface area contributed by atoms with Crippen molar-refractivity contribution < 1.29 is 17.7 Å². The first kappa shape index (κ1) is 21.4. The topological polar surface area (TPSA) is 96.6 Å². The van der Waals surface area contributed by atoms with Gasteiger partial charge in [-0.05, 0) is 44.4 Å². The first-order valence-electron chi connectivity index (χ1n) is 9.98. The van der Waals surface area contributed by atoms with Crippen LogP contribution in [0.2, 0.25) is 0 Å². The summed E-state index contributed by atoms with van der Waals surface area (Å²) in [5, 5.41) is 3.84. The van der Waals surface area contributed by atoms with Gasteiger partial charge in [-0.1, -0.05) is 25.1 Å². The molecule has 1 unspecified atom stereocenters. The molecule has 1 aliphatic rings. The molecule has 1 saturated heterocycles. The molecule has 1 aromatic heterocycles. The van der Waals surface area contributed by atoms with E-state index < -0.39 is 10.0 Å². The fraction of sp³-hybridized carbons (Fsp3) is 0.550.